The molecule has 1 saturated carbocycles. The number of benzene rings is 2. The van der Waals surface area contributed by atoms with Crippen molar-refractivity contribution in [3.63, 3.8) is 0 Å². The molecule has 5 rings (SSSR count). The van der Waals surface area contributed by atoms with Crippen molar-refractivity contribution in [3.8, 4) is 5.69 Å². The molecule has 1 aliphatic rings. The fourth-order valence-electron chi connectivity index (χ4n) is 4.92. The van der Waals surface area contributed by atoms with Crippen LogP contribution in [0.4, 0.5) is 26.3 Å². The molecule has 0 unspecified atom stereocenters. The highest BCUT2D eigenvalue weighted by atomic mass is 79.9. The van der Waals surface area contributed by atoms with Gasteiger partial charge in [-0.3, -0.25) is 13.9 Å². The van der Waals surface area contributed by atoms with Crippen LogP contribution < -0.4 is 0 Å². The molecule has 2 heterocycles. The van der Waals surface area contributed by atoms with E-state index in [1.165, 1.54) is 4.40 Å². The molecule has 0 atom stereocenters. The summed E-state index contributed by atoms with van der Waals surface area (Å²) in [5.74, 6) is 0.582. The van der Waals surface area contributed by atoms with Gasteiger partial charge in [-0.1, -0.05) is 44.9 Å². The van der Waals surface area contributed by atoms with Gasteiger partial charge in [-0.15, -0.1) is 0 Å². The molecule has 204 valence electrons. The minimum absolute atomic E-state index is 0.000624. The average Bonchev–Trinajstić information content (AvgIpc) is 3.49. The molecule has 0 aliphatic heterocycles. The predicted octanol–water partition coefficient (Wildman–Crippen LogP) is 8.35. The molecule has 0 spiro atoms. The lowest BCUT2D eigenvalue weighted by atomic mass is 10.0. The van der Waals surface area contributed by atoms with E-state index in [0.29, 0.717) is 33.5 Å². The maximum absolute atomic E-state index is 14.3. The van der Waals surface area contributed by atoms with Crippen molar-refractivity contribution in [1.29, 1.82) is 0 Å². The molecular formula is C27H27BrF6N4. The summed E-state index contributed by atoms with van der Waals surface area (Å²) in [6.45, 7) is 2.33. The van der Waals surface area contributed by atoms with Crippen LogP contribution in [-0.2, 0) is 12.7 Å². The summed E-state index contributed by atoms with van der Waals surface area (Å²) in [4.78, 5) is 5.09. The number of hydrogen-bond donors (Lipinski definition) is 0. The van der Waals surface area contributed by atoms with E-state index in [9.17, 15) is 26.3 Å². The van der Waals surface area contributed by atoms with Gasteiger partial charge in [0.15, 0.2) is 5.69 Å². The van der Waals surface area contributed by atoms with Crippen LogP contribution in [0, 0.1) is 5.92 Å². The molecule has 4 nitrogen and oxygen atoms in total. The van der Waals surface area contributed by atoms with E-state index in [1.54, 1.807) is 28.8 Å². The van der Waals surface area contributed by atoms with Crippen LogP contribution in [0.3, 0.4) is 0 Å². The third-order valence-corrected chi connectivity index (χ3v) is 7.63. The van der Waals surface area contributed by atoms with Crippen molar-refractivity contribution in [3.05, 3.63) is 63.9 Å². The zero-order valence-electron chi connectivity index (χ0n) is 20.9. The average molecular weight is 601 g/mol. The van der Waals surface area contributed by atoms with E-state index in [0.717, 1.165) is 23.3 Å². The van der Waals surface area contributed by atoms with Gasteiger partial charge in [-0.2, -0.15) is 26.3 Å². The lowest BCUT2D eigenvalue weighted by Gasteiger charge is -2.24. The third kappa shape index (κ3) is 5.45. The van der Waals surface area contributed by atoms with Gasteiger partial charge in [0.25, 0.3) is 0 Å². The first-order chi connectivity index (χ1) is 17.8. The molecule has 0 radical (unpaired) electrons. The molecule has 2 aromatic heterocycles. The van der Waals surface area contributed by atoms with Crippen LogP contribution in [0.1, 0.15) is 56.0 Å². The van der Waals surface area contributed by atoms with Crippen LogP contribution >= 0.6 is 15.9 Å². The molecule has 1 fully saturated rings. The van der Waals surface area contributed by atoms with Crippen molar-refractivity contribution in [1.82, 2.24) is 18.9 Å². The second-order valence-corrected chi connectivity index (χ2v) is 11.1. The summed E-state index contributed by atoms with van der Waals surface area (Å²) in [7, 11) is 0. The van der Waals surface area contributed by atoms with Gasteiger partial charge in [-0.25, -0.2) is 4.98 Å². The molecule has 4 aromatic rings. The number of alkyl halides is 6. The Morgan fingerprint density at radius 2 is 1.71 bits per heavy atom. The summed E-state index contributed by atoms with van der Waals surface area (Å²) < 4.78 is 86.9. The van der Waals surface area contributed by atoms with Crippen molar-refractivity contribution in [2.24, 2.45) is 5.92 Å². The summed E-state index contributed by atoms with van der Waals surface area (Å²) in [6.07, 6.45) is -6.96. The van der Waals surface area contributed by atoms with Crippen molar-refractivity contribution >= 4 is 32.7 Å². The Hall–Kier alpha value is -2.53. The zero-order valence-corrected chi connectivity index (χ0v) is 22.5. The maximum atomic E-state index is 14.3. The van der Waals surface area contributed by atoms with Crippen LogP contribution in [0.25, 0.3) is 22.5 Å². The first-order valence-corrected chi connectivity index (χ1v) is 13.3. The smallest absolute Gasteiger partial charge is 0.289 e. The van der Waals surface area contributed by atoms with E-state index in [-0.39, 0.29) is 23.9 Å². The third-order valence-electron chi connectivity index (χ3n) is 6.99. The highest BCUT2D eigenvalue weighted by Crippen LogP contribution is 2.39. The van der Waals surface area contributed by atoms with Gasteiger partial charge >= 0.3 is 12.4 Å². The number of halogens is 7. The minimum atomic E-state index is -4.84. The Morgan fingerprint density at radius 3 is 2.29 bits per heavy atom. The van der Waals surface area contributed by atoms with E-state index < -0.39 is 31.1 Å². The van der Waals surface area contributed by atoms with Crippen molar-refractivity contribution in [2.75, 3.05) is 13.1 Å². The monoisotopic (exact) mass is 600 g/mol. The molecule has 0 N–H and O–H groups in total. The fourth-order valence-corrected chi connectivity index (χ4v) is 5.49. The Balaban J connectivity index is 1.71. The fraction of sp³-hybridized carbons (Fsp3) is 0.444. The number of aromatic nitrogens is 3. The zero-order chi connectivity index (χ0) is 27.4. The Bertz CT molecular complexity index is 1460. The minimum Gasteiger partial charge on any atom is -0.289 e. The first kappa shape index (κ1) is 27.1. The van der Waals surface area contributed by atoms with Gasteiger partial charge in [-0.05, 0) is 70.6 Å². The van der Waals surface area contributed by atoms with E-state index >= 15 is 0 Å². The van der Waals surface area contributed by atoms with Crippen molar-refractivity contribution in [2.45, 2.75) is 57.9 Å². The van der Waals surface area contributed by atoms with E-state index in [1.807, 2.05) is 32.0 Å². The van der Waals surface area contributed by atoms with Gasteiger partial charge < -0.3 is 0 Å². The summed E-state index contributed by atoms with van der Waals surface area (Å²) in [5.41, 5.74) is 1.22. The Labute approximate surface area is 224 Å². The molecule has 38 heavy (non-hydrogen) atoms. The van der Waals surface area contributed by atoms with Crippen LogP contribution in [0.2, 0.25) is 0 Å². The number of para-hydroxylation sites is 2. The normalized spacial score (nSPS) is 15.0. The highest BCUT2D eigenvalue weighted by molar-refractivity contribution is 9.10. The quantitative estimate of drug-likeness (QED) is 0.190. The number of imidazole rings is 2. The molecular weight excluding hydrogens is 574 g/mol. The van der Waals surface area contributed by atoms with Crippen molar-refractivity contribution < 1.29 is 26.3 Å². The maximum Gasteiger partial charge on any atom is 0.435 e. The van der Waals surface area contributed by atoms with E-state index in [4.69, 9.17) is 0 Å². The van der Waals surface area contributed by atoms with Gasteiger partial charge in [0, 0.05) is 11.0 Å². The van der Waals surface area contributed by atoms with Gasteiger partial charge in [0.1, 0.15) is 0 Å². The van der Waals surface area contributed by atoms with Crippen LogP contribution in [0.15, 0.2) is 46.9 Å². The summed E-state index contributed by atoms with van der Waals surface area (Å²) in [6, 6.07) is 12.5. The Morgan fingerprint density at radius 1 is 1.03 bits per heavy atom. The molecule has 2 aromatic carbocycles. The molecule has 11 heteroatoms. The number of fused-ring (bicyclic) bond motifs is 3. The van der Waals surface area contributed by atoms with Gasteiger partial charge in [0.2, 0.25) is 5.78 Å². The number of nitrogens with zero attached hydrogens (tertiary/aromatic N) is 4. The summed E-state index contributed by atoms with van der Waals surface area (Å²) in [5, 5.41) is 0. The molecule has 0 saturated heterocycles. The van der Waals surface area contributed by atoms with E-state index in [2.05, 4.69) is 20.9 Å². The van der Waals surface area contributed by atoms with Crippen LogP contribution in [0.5, 0.6) is 0 Å². The SMILES string of the molecule is CC(C)c1ccc(-n2c3ccccc3n3c(CN(CCC4CC4)CC(F)(F)F)c(C(F)(F)F)nc23)c(Br)c1. The molecule has 0 bridgehead atoms. The number of hydrogen-bond acceptors (Lipinski definition) is 2. The highest BCUT2D eigenvalue weighted by Gasteiger charge is 2.41. The lowest BCUT2D eigenvalue weighted by molar-refractivity contribution is -0.149. The second kappa shape index (κ2) is 9.89. The number of rotatable bonds is 8. The predicted molar refractivity (Wildman–Crippen MR) is 137 cm³/mol. The van der Waals surface area contributed by atoms with Crippen LogP contribution in [-0.4, -0.2) is 38.1 Å². The molecule has 1 aliphatic carbocycles. The lowest BCUT2D eigenvalue weighted by Crippen LogP contribution is -2.35. The largest absolute Gasteiger partial charge is 0.435 e. The Kier molecular flexibility index (Phi) is 7.04. The van der Waals surface area contributed by atoms with Gasteiger partial charge in [0.05, 0.1) is 29.0 Å². The standard InChI is InChI=1S/C27H27BrF6N4/c1-16(2)18-9-10-20(19(28)13-18)37-21-5-3-4-6-22(21)38-23(24(27(32,33)34)35-25(37)38)14-36(15-26(29,30)31)12-11-17-7-8-17/h3-6,9-10,13,16-17H,7-8,11-12,14-15H2,1-2H3. The summed E-state index contributed by atoms with van der Waals surface area (Å²) >= 11 is 3.57. The topological polar surface area (TPSA) is 25.5 Å². The first-order valence-electron chi connectivity index (χ1n) is 12.5. The second-order valence-electron chi connectivity index (χ2n) is 10.3. The molecule has 0 amide bonds.